The molecule has 1 aromatic rings. The molecule has 0 radical (unpaired) electrons. The molecule has 8 heteroatoms. The quantitative estimate of drug-likeness (QED) is 0.835. The van der Waals surface area contributed by atoms with Gasteiger partial charge in [-0.1, -0.05) is 0 Å². The number of ether oxygens (including phenoxy) is 1. The number of hydrogen-bond acceptors (Lipinski definition) is 6. The van der Waals surface area contributed by atoms with E-state index in [4.69, 9.17) is 4.42 Å². The summed E-state index contributed by atoms with van der Waals surface area (Å²) in [5.74, 6) is -1.72. The summed E-state index contributed by atoms with van der Waals surface area (Å²) in [6, 6.07) is 1.85. The van der Waals surface area contributed by atoms with E-state index in [-0.39, 0.29) is 40.6 Å². The van der Waals surface area contributed by atoms with Gasteiger partial charge in [0.1, 0.15) is 23.0 Å². The first-order valence-electron chi connectivity index (χ1n) is 7.83. The highest BCUT2D eigenvalue weighted by molar-refractivity contribution is 6.00. The fourth-order valence-corrected chi connectivity index (χ4v) is 2.83. The predicted molar refractivity (Wildman–Crippen MR) is 87.7 cm³/mol. The highest BCUT2D eigenvalue weighted by Gasteiger charge is 2.40. The lowest BCUT2D eigenvalue weighted by Crippen LogP contribution is -2.42. The van der Waals surface area contributed by atoms with Crippen molar-refractivity contribution in [3.8, 4) is 6.07 Å². The van der Waals surface area contributed by atoms with Crippen LogP contribution in [-0.2, 0) is 14.3 Å². The molecule has 134 valence electrons. The number of nitrogens with zero attached hydrogens (tertiary/aromatic N) is 2. The molecule has 2 heterocycles. The second kappa shape index (κ2) is 6.59. The first kappa shape index (κ1) is 18.5. The Morgan fingerprint density at radius 2 is 2.04 bits per heavy atom. The van der Waals surface area contributed by atoms with E-state index in [2.05, 4.69) is 10.1 Å². The van der Waals surface area contributed by atoms with Crippen molar-refractivity contribution in [1.29, 1.82) is 5.26 Å². The molecule has 1 unspecified atom stereocenters. The maximum absolute atomic E-state index is 12.5. The smallest absolute Gasteiger partial charge is 0.342 e. The molecule has 1 fully saturated rings. The van der Waals surface area contributed by atoms with Crippen molar-refractivity contribution in [2.24, 2.45) is 5.92 Å². The number of hydrogen-bond donors (Lipinski definition) is 1. The number of esters is 1. The number of rotatable bonds is 3. The lowest BCUT2D eigenvalue weighted by Gasteiger charge is -2.31. The standard InChI is InChI=1S/C17H21N3O5/c1-9-13(16(23)24-5)11(7-18)15(25-9)19-14(22)10-6-12(21)20(8-10)17(2,3)4/h10H,6,8H2,1-5H3,(H,19,22). The molecule has 25 heavy (non-hydrogen) atoms. The fraction of sp³-hybridized carbons (Fsp3) is 0.529. The monoisotopic (exact) mass is 347 g/mol. The Morgan fingerprint density at radius 1 is 1.40 bits per heavy atom. The minimum Gasteiger partial charge on any atom is -0.465 e. The largest absolute Gasteiger partial charge is 0.465 e. The van der Waals surface area contributed by atoms with E-state index in [0.717, 1.165) is 0 Å². The van der Waals surface area contributed by atoms with Crippen LogP contribution in [0.15, 0.2) is 4.42 Å². The molecule has 2 rings (SSSR count). The van der Waals surface area contributed by atoms with Gasteiger partial charge in [-0.2, -0.15) is 5.26 Å². The van der Waals surface area contributed by atoms with Crippen LogP contribution in [0.2, 0.25) is 0 Å². The highest BCUT2D eigenvalue weighted by atomic mass is 16.5. The summed E-state index contributed by atoms with van der Waals surface area (Å²) in [6.45, 7) is 7.50. The van der Waals surface area contributed by atoms with Gasteiger partial charge in [0.15, 0.2) is 0 Å². The number of aryl methyl sites for hydroxylation is 1. The first-order chi connectivity index (χ1) is 11.6. The third kappa shape index (κ3) is 3.50. The lowest BCUT2D eigenvalue weighted by molar-refractivity contribution is -0.131. The maximum atomic E-state index is 12.5. The molecular weight excluding hydrogens is 326 g/mol. The number of amides is 2. The van der Waals surface area contributed by atoms with Crippen molar-refractivity contribution >= 4 is 23.7 Å². The van der Waals surface area contributed by atoms with Crippen LogP contribution in [0.1, 0.15) is 48.9 Å². The van der Waals surface area contributed by atoms with Gasteiger partial charge in [-0.05, 0) is 27.7 Å². The van der Waals surface area contributed by atoms with Crippen LogP contribution in [0.3, 0.4) is 0 Å². The van der Waals surface area contributed by atoms with Crippen molar-refractivity contribution in [3.63, 3.8) is 0 Å². The Balaban J connectivity index is 2.21. The number of nitriles is 1. The Morgan fingerprint density at radius 3 is 2.52 bits per heavy atom. The maximum Gasteiger partial charge on any atom is 0.342 e. The zero-order chi connectivity index (χ0) is 18.9. The first-order valence-corrected chi connectivity index (χ1v) is 7.83. The van der Waals surface area contributed by atoms with Gasteiger partial charge in [0, 0.05) is 18.5 Å². The minimum absolute atomic E-state index is 0.0147. The molecule has 2 amide bonds. The fourth-order valence-electron chi connectivity index (χ4n) is 2.83. The predicted octanol–water partition coefficient (Wildman–Crippen LogP) is 1.83. The highest BCUT2D eigenvalue weighted by Crippen LogP contribution is 2.30. The molecule has 0 saturated carbocycles. The van der Waals surface area contributed by atoms with Gasteiger partial charge in [-0.25, -0.2) is 4.79 Å². The van der Waals surface area contributed by atoms with E-state index >= 15 is 0 Å². The summed E-state index contributed by atoms with van der Waals surface area (Å²) < 4.78 is 9.99. The number of carbonyl (C=O) groups is 3. The Labute approximate surface area is 145 Å². The molecule has 0 spiro atoms. The Hall–Kier alpha value is -2.82. The topological polar surface area (TPSA) is 113 Å². The number of methoxy groups -OCH3 is 1. The third-order valence-corrected chi connectivity index (χ3v) is 4.13. The number of carbonyl (C=O) groups excluding carboxylic acids is 3. The molecule has 1 atom stereocenters. The van der Waals surface area contributed by atoms with Crippen LogP contribution in [0.25, 0.3) is 0 Å². The van der Waals surface area contributed by atoms with E-state index < -0.39 is 17.8 Å². The second-order valence-electron chi connectivity index (χ2n) is 6.91. The number of anilines is 1. The molecule has 1 aromatic heterocycles. The summed E-state index contributed by atoms with van der Waals surface area (Å²) in [4.78, 5) is 38.0. The Bertz CT molecular complexity index is 766. The van der Waals surface area contributed by atoms with Gasteiger partial charge in [0.2, 0.25) is 17.7 Å². The summed E-state index contributed by atoms with van der Waals surface area (Å²) >= 11 is 0. The van der Waals surface area contributed by atoms with Crippen LogP contribution in [0.4, 0.5) is 5.88 Å². The van der Waals surface area contributed by atoms with E-state index in [1.165, 1.54) is 14.0 Å². The molecule has 0 aromatic carbocycles. The van der Waals surface area contributed by atoms with Crippen LogP contribution >= 0.6 is 0 Å². The SMILES string of the molecule is COC(=O)c1c(C)oc(NC(=O)C2CC(=O)N(C(C)(C)C)C2)c1C#N. The van der Waals surface area contributed by atoms with Gasteiger partial charge in [-0.15, -0.1) is 0 Å². The van der Waals surface area contributed by atoms with Crippen molar-refractivity contribution < 1.29 is 23.5 Å². The summed E-state index contributed by atoms with van der Waals surface area (Å²) in [7, 11) is 1.19. The third-order valence-electron chi connectivity index (χ3n) is 4.13. The zero-order valence-electron chi connectivity index (χ0n) is 14.9. The van der Waals surface area contributed by atoms with Crippen LogP contribution in [0, 0.1) is 24.2 Å². The van der Waals surface area contributed by atoms with Crippen molar-refractivity contribution in [2.45, 2.75) is 39.7 Å². The lowest BCUT2D eigenvalue weighted by atomic mass is 10.1. The average Bonchev–Trinajstić information content (AvgIpc) is 3.06. The van der Waals surface area contributed by atoms with Crippen molar-refractivity contribution in [2.75, 3.05) is 19.0 Å². The van der Waals surface area contributed by atoms with Crippen LogP contribution in [-0.4, -0.2) is 41.9 Å². The molecule has 0 aliphatic carbocycles. The van der Waals surface area contributed by atoms with Gasteiger partial charge in [-0.3, -0.25) is 14.9 Å². The molecule has 0 bridgehead atoms. The summed E-state index contributed by atoms with van der Waals surface area (Å²) in [5.41, 5.74) is -0.475. The van der Waals surface area contributed by atoms with Gasteiger partial charge < -0.3 is 14.1 Å². The van der Waals surface area contributed by atoms with Crippen LogP contribution < -0.4 is 5.32 Å². The molecule has 1 aliphatic heterocycles. The minimum atomic E-state index is -0.715. The molecular formula is C17H21N3O5. The summed E-state index contributed by atoms with van der Waals surface area (Å²) in [5, 5.41) is 11.8. The number of likely N-dealkylation sites (tertiary alicyclic amines) is 1. The molecule has 1 aliphatic rings. The normalized spacial score (nSPS) is 17.4. The molecule has 1 N–H and O–H groups in total. The van der Waals surface area contributed by atoms with E-state index in [1.807, 2.05) is 26.8 Å². The Kier molecular flexibility index (Phi) is 4.88. The van der Waals surface area contributed by atoms with Crippen LogP contribution in [0.5, 0.6) is 0 Å². The number of furan rings is 1. The molecule has 1 saturated heterocycles. The average molecular weight is 347 g/mol. The van der Waals surface area contributed by atoms with E-state index in [0.29, 0.717) is 6.54 Å². The van der Waals surface area contributed by atoms with E-state index in [9.17, 15) is 19.6 Å². The summed E-state index contributed by atoms with van der Waals surface area (Å²) in [6.07, 6.45) is 0.0918. The van der Waals surface area contributed by atoms with Gasteiger partial charge >= 0.3 is 5.97 Å². The van der Waals surface area contributed by atoms with Gasteiger partial charge in [0.25, 0.3) is 0 Å². The second-order valence-corrected chi connectivity index (χ2v) is 6.91. The van der Waals surface area contributed by atoms with Gasteiger partial charge in [0.05, 0.1) is 13.0 Å². The van der Waals surface area contributed by atoms with Crippen molar-refractivity contribution in [3.05, 3.63) is 16.9 Å². The van der Waals surface area contributed by atoms with Crippen molar-refractivity contribution in [1.82, 2.24) is 4.90 Å². The number of nitrogens with one attached hydrogen (secondary N) is 1. The molecule has 8 nitrogen and oxygen atoms in total. The van der Waals surface area contributed by atoms with E-state index in [1.54, 1.807) is 4.90 Å². The zero-order valence-corrected chi connectivity index (χ0v) is 14.9.